The molecular weight excluding hydrogens is 213 g/mol. The van der Waals surface area contributed by atoms with E-state index >= 15 is 0 Å². The van der Waals surface area contributed by atoms with E-state index in [2.05, 4.69) is 0 Å². The van der Waals surface area contributed by atoms with Crippen molar-refractivity contribution in [3.8, 4) is 5.75 Å². The molecule has 0 aliphatic carbocycles. The van der Waals surface area contributed by atoms with Gasteiger partial charge in [-0.15, -0.1) is 0 Å². The molecule has 0 radical (unpaired) electrons. The van der Waals surface area contributed by atoms with Crippen LogP contribution in [0.4, 0.5) is 4.39 Å². The van der Waals surface area contributed by atoms with Gasteiger partial charge in [0.2, 0.25) is 0 Å². The SMILES string of the molecule is N[C@H](Cc1ccc(OCCF)cc1)C(=O)O. The van der Waals surface area contributed by atoms with Crippen LogP contribution in [0.5, 0.6) is 5.75 Å². The standard InChI is InChI=1S/C11H14FNO3/c12-5-6-16-9-3-1-8(2-4-9)7-10(13)11(14)15/h1-4,10H,5-7,13H2,(H,14,15)/t10-/m1/s1. The number of rotatable bonds is 6. The smallest absolute Gasteiger partial charge is 0.320 e. The van der Waals surface area contributed by atoms with E-state index in [0.717, 1.165) is 5.56 Å². The van der Waals surface area contributed by atoms with E-state index < -0.39 is 18.7 Å². The number of hydrogen-bond acceptors (Lipinski definition) is 3. The van der Waals surface area contributed by atoms with Gasteiger partial charge in [-0.25, -0.2) is 4.39 Å². The van der Waals surface area contributed by atoms with Crippen molar-refractivity contribution < 1.29 is 19.0 Å². The van der Waals surface area contributed by atoms with Gasteiger partial charge in [0.1, 0.15) is 25.1 Å². The van der Waals surface area contributed by atoms with E-state index in [0.29, 0.717) is 5.75 Å². The molecular formula is C11H14FNO3. The van der Waals surface area contributed by atoms with Crippen molar-refractivity contribution in [3.05, 3.63) is 29.8 Å². The number of benzene rings is 1. The first-order chi connectivity index (χ1) is 7.63. The second-order valence-electron chi connectivity index (χ2n) is 3.33. The average molecular weight is 227 g/mol. The van der Waals surface area contributed by atoms with Crippen LogP contribution >= 0.6 is 0 Å². The summed E-state index contributed by atoms with van der Waals surface area (Å²) in [6.45, 7) is -0.514. The molecule has 0 saturated heterocycles. The number of aliphatic carboxylic acids is 1. The molecule has 16 heavy (non-hydrogen) atoms. The Balaban J connectivity index is 2.54. The number of alkyl halides is 1. The lowest BCUT2D eigenvalue weighted by atomic mass is 10.1. The predicted octanol–water partition coefficient (Wildman–Crippen LogP) is 0.989. The Labute approximate surface area is 92.8 Å². The maximum atomic E-state index is 11.8. The van der Waals surface area contributed by atoms with Gasteiger partial charge in [0.15, 0.2) is 0 Å². The third-order valence-corrected chi connectivity index (χ3v) is 2.04. The molecule has 1 rings (SSSR count). The lowest BCUT2D eigenvalue weighted by Gasteiger charge is -2.07. The normalized spacial score (nSPS) is 12.1. The van der Waals surface area contributed by atoms with Gasteiger partial charge in [0.05, 0.1) is 0 Å². The average Bonchev–Trinajstić information content (AvgIpc) is 2.28. The van der Waals surface area contributed by atoms with Gasteiger partial charge in [-0.3, -0.25) is 4.79 Å². The molecule has 0 aromatic heterocycles. The minimum absolute atomic E-state index is 0.0218. The monoisotopic (exact) mass is 227 g/mol. The van der Waals surface area contributed by atoms with E-state index in [9.17, 15) is 9.18 Å². The van der Waals surface area contributed by atoms with Crippen LogP contribution in [-0.2, 0) is 11.2 Å². The van der Waals surface area contributed by atoms with Crippen molar-refractivity contribution in [2.24, 2.45) is 5.73 Å². The molecule has 1 atom stereocenters. The second kappa shape index (κ2) is 6.07. The van der Waals surface area contributed by atoms with Crippen LogP contribution in [0.2, 0.25) is 0 Å². The minimum atomic E-state index is -1.03. The zero-order chi connectivity index (χ0) is 12.0. The molecule has 88 valence electrons. The quantitative estimate of drug-likeness (QED) is 0.760. The second-order valence-corrected chi connectivity index (χ2v) is 3.33. The first kappa shape index (κ1) is 12.4. The van der Waals surface area contributed by atoms with Crippen LogP contribution in [0, 0.1) is 0 Å². The molecule has 0 amide bonds. The van der Waals surface area contributed by atoms with Gasteiger partial charge in [-0.2, -0.15) is 0 Å². The number of carboxylic acid groups (broad SMARTS) is 1. The summed E-state index contributed by atoms with van der Waals surface area (Å²) >= 11 is 0. The van der Waals surface area contributed by atoms with Gasteiger partial charge >= 0.3 is 5.97 Å². The highest BCUT2D eigenvalue weighted by atomic mass is 19.1. The summed E-state index contributed by atoms with van der Waals surface area (Å²) < 4.78 is 16.9. The molecule has 0 aliphatic rings. The van der Waals surface area contributed by atoms with Crippen LogP contribution in [-0.4, -0.2) is 30.4 Å². The Morgan fingerprint density at radius 1 is 1.44 bits per heavy atom. The fraction of sp³-hybridized carbons (Fsp3) is 0.364. The molecule has 0 spiro atoms. The maximum Gasteiger partial charge on any atom is 0.320 e. The van der Waals surface area contributed by atoms with Gasteiger partial charge in [0.25, 0.3) is 0 Å². The maximum absolute atomic E-state index is 11.8. The summed E-state index contributed by atoms with van der Waals surface area (Å²) in [7, 11) is 0. The molecule has 0 fully saturated rings. The molecule has 3 N–H and O–H groups in total. The third kappa shape index (κ3) is 3.86. The van der Waals surface area contributed by atoms with Crippen molar-refractivity contribution in [1.29, 1.82) is 0 Å². The fourth-order valence-corrected chi connectivity index (χ4v) is 1.22. The highest BCUT2D eigenvalue weighted by Gasteiger charge is 2.11. The summed E-state index contributed by atoms with van der Waals surface area (Å²) in [5.41, 5.74) is 6.19. The van der Waals surface area contributed by atoms with E-state index in [4.69, 9.17) is 15.6 Å². The largest absolute Gasteiger partial charge is 0.491 e. The highest BCUT2D eigenvalue weighted by Crippen LogP contribution is 2.13. The number of nitrogens with two attached hydrogens (primary N) is 1. The van der Waals surface area contributed by atoms with Crippen LogP contribution in [0.1, 0.15) is 5.56 Å². The molecule has 0 saturated carbocycles. The summed E-state index contributed by atoms with van der Waals surface area (Å²) in [6, 6.07) is 5.86. The first-order valence-electron chi connectivity index (χ1n) is 4.89. The fourth-order valence-electron chi connectivity index (χ4n) is 1.22. The van der Waals surface area contributed by atoms with Crippen molar-refractivity contribution in [1.82, 2.24) is 0 Å². The highest BCUT2D eigenvalue weighted by molar-refractivity contribution is 5.73. The summed E-state index contributed by atoms with van der Waals surface area (Å²) in [6.07, 6.45) is 0.263. The molecule has 4 nitrogen and oxygen atoms in total. The van der Waals surface area contributed by atoms with Crippen molar-refractivity contribution in [2.45, 2.75) is 12.5 Å². The first-order valence-corrected chi connectivity index (χ1v) is 4.89. The van der Waals surface area contributed by atoms with Crippen LogP contribution in [0.25, 0.3) is 0 Å². The van der Waals surface area contributed by atoms with E-state index in [1.807, 2.05) is 0 Å². The van der Waals surface area contributed by atoms with Gasteiger partial charge in [-0.05, 0) is 24.1 Å². The zero-order valence-electron chi connectivity index (χ0n) is 8.73. The Bertz CT molecular complexity index is 340. The van der Waals surface area contributed by atoms with E-state index in [1.54, 1.807) is 24.3 Å². The van der Waals surface area contributed by atoms with Crippen LogP contribution < -0.4 is 10.5 Å². The summed E-state index contributed by atoms with van der Waals surface area (Å²) in [4.78, 5) is 10.5. The molecule has 5 heteroatoms. The van der Waals surface area contributed by atoms with E-state index in [1.165, 1.54) is 0 Å². The molecule has 1 aromatic rings. The van der Waals surface area contributed by atoms with Gasteiger partial charge < -0.3 is 15.6 Å². The van der Waals surface area contributed by atoms with Crippen molar-refractivity contribution in [3.63, 3.8) is 0 Å². The lowest BCUT2D eigenvalue weighted by Crippen LogP contribution is -2.32. The number of carbonyl (C=O) groups is 1. The van der Waals surface area contributed by atoms with Crippen molar-refractivity contribution in [2.75, 3.05) is 13.3 Å². The number of hydrogen-bond donors (Lipinski definition) is 2. The topological polar surface area (TPSA) is 72.5 Å². The molecule has 0 aliphatic heterocycles. The lowest BCUT2D eigenvalue weighted by molar-refractivity contribution is -0.138. The van der Waals surface area contributed by atoms with Crippen LogP contribution in [0.3, 0.4) is 0 Å². The Kier molecular flexibility index (Phi) is 4.72. The Hall–Kier alpha value is -1.62. The Morgan fingerprint density at radius 2 is 2.06 bits per heavy atom. The number of carboxylic acids is 1. The zero-order valence-corrected chi connectivity index (χ0v) is 8.73. The molecule has 0 bridgehead atoms. The Morgan fingerprint density at radius 3 is 2.56 bits per heavy atom. The summed E-state index contributed by atoms with van der Waals surface area (Å²) in [5.74, 6) is -0.469. The number of ether oxygens (including phenoxy) is 1. The molecule has 0 heterocycles. The molecule has 0 unspecified atom stereocenters. The van der Waals surface area contributed by atoms with E-state index in [-0.39, 0.29) is 13.0 Å². The van der Waals surface area contributed by atoms with Gasteiger partial charge in [-0.1, -0.05) is 12.1 Å². The van der Waals surface area contributed by atoms with Gasteiger partial charge in [0, 0.05) is 0 Å². The van der Waals surface area contributed by atoms with Crippen LogP contribution in [0.15, 0.2) is 24.3 Å². The molecule has 1 aromatic carbocycles. The summed E-state index contributed by atoms with van der Waals surface area (Å²) in [5, 5.41) is 8.62. The predicted molar refractivity (Wildman–Crippen MR) is 57.2 cm³/mol. The third-order valence-electron chi connectivity index (χ3n) is 2.04. The minimum Gasteiger partial charge on any atom is -0.491 e. The van der Waals surface area contributed by atoms with Crippen molar-refractivity contribution >= 4 is 5.97 Å². The number of halogens is 1.